The number of nitrogens with zero attached hydrogens (tertiary/aromatic N) is 1. The van der Waals surface area contributed by atoms with E-state index in [1.54, 1.807) is 109 Å². The van der Waals surface area contributed by atoms with Crippen molar-refractivity contribution in [3.63, 3.8) is 0 Å². The van der Waals surface area contributed by atoms with Gasteiger partial charge >= 0.3 is 12.1 Å². The number of rotatable bonds is 6. The fraction of sp³-hybridized carbons (Fsp3) is 0.0714. The van der Waals surface area contributed by atoms with Crippen LogP contribution in [0.15, 0.2) is 132 Å². The lowest BCUT2D eigenvalue weighted by Crippen LogP contribution is -2.38. The van der Waals surface area contributed by atoms with Crippen LogP contribution < -0.4 is 15.9 Å². The maximum Gasteiger partial charge on any atom is 0.459 e. The van der Waals surface area contributed by atoms with Crippen LogP contribution in [0.1, 0.15) is 5.56 Å². The minimum atomic E-state index is -5.82. The molecule has 4 aromatic carbocycles. The van der Waals surface area contributed by atoms with Crippen LogP contribution in [-0.2, 0) is 0 Å². The number of allylic oxidation sites excluding steroid dienone is 1. The predicted molar refractivity (Wildman–Crippen MR) is 133 cm³/mol. The second-order valence-electron chi connectivity index (χ2n) is 7.75. The van der Waals surface area contributed by atoms with Gasteiger partial charge in [-0.2, -0.15) is 22.0 Å². The third kappa shape index (κ3) is 4.98. The van der Waals surface area contributed by atoms with E-state index in [0.29, 0.717) is 15.9 Å². The Morgan fingerprint density at radius 1 is 0.543 bits per heavy atom. The predicted octanol–water partition coefficient (Wildman–Crippen LogP) is 7.40. The van der Waals surface area contributed by atoms with Gasteiger partial charge in [0.25, 0.3) is 0 Å². The van der Waals surface area contributed by atoms with Crippen molar-refractivity contribution in [2.45, 2.75) is 12.1 Å². The first-order valence-corrected chi connectivity index (χ1v) is 12.5. The molecule has 35 heavy (non-hydrogen) atoms. The largest absolute Gasteiger partial charge is 0.459 e. The molecule has 0 aliphatic carbocycles. The second kappa shape index (κ2) is 10.0. The molecule has 0 saturated heterocycles. The van der Waals surface area contributed by atoms with Gasteiger partial charge in [0.15, 0.2) is 0 Å². The number of hydrogen-bond donors (Lipinski definition) is 0. The number of hydrogen-bond acceptors (Lipinski definition) is 1. The molecule has 4 aromatic rings. The Hall–Kier alpha value is -3.50. The van der Waals surface area contributed by atoms with Crippen LogP contribution in [0.5, 0.6) is 0 Å². The van der Waals surface area contributed by atoms with Gasteiger partial charge in [0.1, 0.15) is 5.70 Å². The molecule has 0 fully saturated rings. The van der Waals surface area contributed by atoms with E-state index in [0.717, 1.165) is 6.08 Å². The maximum atomic E-state index is 15.1. The van der Waals surface area contributed by atoms with Crippen LogP contribution in [0.4, 0.5) is 22.0 Å². The summed E-state index contributed by atoms with van der Waals surface area (Å²) in [7, 11) is -3.34. The molecule has 0 heterocycles. The highest BCUT2D eigenvalue weighted by molar-refractivity contribution is 7.87. The quantitative estimate of drug-likeness (QED) is 0.194. The van der Waals surface area contributed by atoms with Crippen molar-refractivity contribution in [3.05, 3.63) is 133 Å². The van der Waals surface area contributed by atoms with Crippen LogP contribution in [-0.4, -0.2) is 12.1 Å². The number of halogens is 5. The molecule has 0 aromatic heterocycles. The molecular weight excluding hydrogens is 476 g/mol. The minimum Gasteiger partial charge on any atom is -0.252 e. The Balaban J connectivity index is 2.18. The standard InChI is InChI=1S/C28H21F5NP/c29-27(30,28(31,32)33)26(21-22-13-5-1-6-14-22)34-35(23-15-7-2-8-16-23,24-17-9-3-10-18-24)25-19-11-4-12-20-25/h1-21H/b26-21-. The molecule has 7 heteroatoms. The van der Waals surface area contributed by atoms with E-state index in [1.807, 2.05) is 0 Å². The molecule has 0 atom stereocenters. The first-order valence-electron chi connectivity index (χ1n) is 10.8. The van der Waals surface area contributed by atoms with Crippen molar-refractivity contribution < 1.29 is 22.0 Å². The second-order valence-corrected chi connectivity index (χ2v) is 10.8. The monoisotopic (exact) mass is 497 g/mol. The topological polar surface area (TPSA) is 12.4 Å². The summed E-state index contributed by atoms with van der Waals surface area (Å²) >= 11 is 0. The number of alkyl halides is 5. The molecule has 178 valence electrons. The summed E-state index contributed by atoms with van der Waals surface area (Å²) in [5.41, 5.74) is -1.14. The summed E-state index contributed by atoms with van der Waals surface area (Å²) in [6, 6.07) is 33.8. The van der Waals surface area contributed by atoms with Gasteiger partial charge in [-0.1, -0.05) is 121 Å². The van der Waals surface area contributed by atoms with Gasteiger partial charge in [0.2, 0.25) is 0 Å². The third-order valence-electron chi connectivity index (χ3n) is 5.43. The summed E-state index contributed by atoms with van der Waals surface area (Å²) in [4.78, 5) is 0. The van der Waals surface area contributed by atoms with Crippen molar-refractivity contribution in [3.8, 4) is 0 Å². The fourth-order valence-electron chi connectivity index (χ4n) is 3.75. The van der Waals surface area contributed by atoms with Gasteiger partial charge in [-0.15, -0.1) is 0 Å². The minimum absolute atomic E-state index is 0.197. The van der Waals surface area contributed by atoms with Crippen LogP contribution >= 0.6 is 7.05 Å². The van der Waals surface area contributed by atoms with Gasteiger partial charge in [-0.3, -0.25) is 4.74 Å². The van der Waals surface area contributed by atoms with E-state index in [4.69, 9.17) is 0 Å². The average molecular weight is 497 g/mol. The third-order valence-corrected chi connectivity index (χ3v) is 9.08. The zero-order chi connectivity index (χ0) is 24.9. The SMILES string of the molecule is FC(F)(F)C(F)(F)/C(=C/c1ccccc1)N=P(c1ccccc1)(c1ccccc1)c1ccccc1. The molecule has 0 bridgehead atoms. The van der Waals surface area contributed by atoms with E-state index in [2.05, 4.69) is 4.74 Å². The average Bonchev–Trinajstić information content (AvgIpc) is 2.88. The van der Waals surface area contributed by atoms with E-state index in [-0.39, 0.29) is 5.56 Å². The van der Waals surface area contributed by atoms with Crippen molar-refractivity contribution in [2.75, 3.05) is 0 Å². The molecule has 4 rings (SSSR count). The summed E-state index contributed by atoms with van der Waals surface area (Å²) in [5.74, 6) is -5.17. The first kappa shape index (κ1) is 24.6. The van der Waals surface area contributed by atoms with E-state index >= 15 is 8.78 Å². The van der Waals surface area contributed by atoms with Crippen molar-refractivity contribution >= 4 is 29.0 Å². The van der Waals surface area contributed by atoms with Crippen LogP contribution in [0, 0.1) is 0 Å². The molecule has 0 aliphatic rings. The van der Waals surface area contributed by atoms with Gasteiger partial charge < -0.3 is 0 Å². The van der Waals surface area contributed by atoms with Crippen LogP contribution in [0.2, 0.25) is 0 Å². The Labute approximate surface area is 200 Å². The molecule has 1 nitrogen and oxygen atoms in total. The molecule has 0 amide bonds. The van der Waals surface area contributed by atoms with E-state index in [1.165, 1.54) is 12.1 Å². The van der Waals surface area contributed by atoms with Gasteiger partial charge in [-0.05, 0) is 11.6 Å². The lowest BCUT2D eigenvalue weighted by Gasteiger charge is -2.29. The van der Waals surface area contributed by atoms with E-state index in [9.17, 15) is 13.2 Å². The summed E-state index contributed by atoms with van der Waals surface area (Å²) < 4.78 is 75.8. The maximum absolute atomic E-state index is 15.1. The van der Waals surface area contributed by atoms with Gasteiger partial charge in [0, 0.05) is 15.9 Å². The Morgan fingerprint density at radius 2 is 0.886 bits per heavy atom. The molecule has 0 unspecified atom stereocenters. The molecule has 0 saturated carbocycles. The lowest BCUT2D eigenvalue weighted by molar-refractivity contribution is -0.264. The molecule has 0 N–H and O–H groups in total. The molecular formula is C28H21F5NP. The van der Waals surface area contributed by atoms with Crippen molar-refractivity contribution in [2.24, 2.45) is 4.74 Å². The first-order chi connectivity index (χ1) is 16.7. The van der Waals surface area contributed by atoms with Crippen LogP contribution in [0.25, 0.3) is 6.08 Å². The molecule has 0 radical (unpaired) electrons. The van der Waals surface area contributed by atoms with Gasteiger partial charge in [-0.25, -0.2) is 0 Å². The number of benzene rings is 4. The summed E-state index contributed by atoms with van der Waals surface area (Å²) in [5, 5.41) is 1.69. The highest BCUT2D eigenvalue weighted by Crippen LogP contribution is 2.52. The zero-order valence-electron chi connectivity index (χ0n) is 18.4. The summed E-state index contributed by atoms with van der Waals surface area (Å²) in [6.07, 6.45) is -4.99. The van der Waals surface area contributed by atoms with Crippen molar-refractivity contribution in [1.82, 2.24) is 0 Å². The smallest absolute Gasteiger partial charge is 0.252 e. The van der Waals surface area contributed by atoms with Gasteiger partial charge in [0.05, 0.1) is 7.05 Å². The summed E-state index contributed by atoms with van der Waals surface area (Å²) in [6.45, 7) is 0. The fourth-order valence-corrected chi connectivity index (χ4v) is 7.31. The zero-order valence-corrected chi connectivity index (χ0v) is 19.3. The molecule has 0 aliphatic heterocycles. The Bertz CT molecular complexity index is 1230. The highest BCUT2D eigenvalue weighted by atomic mass is 31.2. The Morgan fingerprint density at radius 3 is 1.23 bits per heavy atom. The Kier molecular flexibility index (Phi) is 7.04. The normalized spacial score (nSPS) is 12.9. The van der Waals surface area contributed by atoms with E-state index < -0.39 is 24.9 Å². The molecule has 0 spiro atoms. The van der Waals surface area contributed by atoms with Crippen LogP contribution in [0.3, 0.4) is 0 Å². The lowest BCUT2D eigenvalue weighted by atomic mass is 10.1. The van der Waals surface area contributed by atoms with Crippen molar-refractivity contribution in [1.29, 1.82) is 0 Å². The highest BCUT2D eigenvalue weighted by Gasteiger charge is 2.61.